The number of nitrogens with one attached hydrogen (secondary N) is 1. The Balaban J connectivity index is 1.44. The number of rotatable bonds is 7. The second-order valence-corrected chi connectivity index (χ2v) is 7.44. The third-order valence-corrected chi connectivity index (χ3v) is 5.21. The Morgan fingerprint density at radius 2 is 1.88 bits per heavy atom. The summed E-state index contributed by atoms with van der Waals surface area (Å²) in [5.41, 5.74) is 0.350. The van der Waals surface area contributed by atoms with Crippen LogP contribution >= 0.6 is 0 Å². The van der Waals surface area contributed by atoms with Crippen molar-refractivity contribution in [2.75, 3.05) is 32.8 Å². The molecule has 1 N–H and O–H groups in total. The van der Waals surface area contributed by atoms with Crippen molar-refractivity contribution in [3.63, 3.8) is 0 Å². The summed E-state index contributed by atoms with van der Waals surface area (Å²) in [6.07, 6.45) is -3.47. The van der Waals surface area contributed by atoms with E-state index in [0.29, 0.717) is 32.0 Å². The number of nitrogens with zero attached hydrogens (tertiary/aromatic N) is 4. The minimum absolute atomic E-state index is 0.164. The Hall–Kier alpha value is -3.38. The molecule has 9 nitrogen and oxygen atoms in total. The number of morpholine rings is 1. The normalized spacial score (nSPS) is 15.0. The number of carbonyl (C=O) groups excluding carboxylic acids is 1. The SMILES string of the molecule is O=C(NCc1ccccc1OC(F)(F)F)c1ccc2nn(CCN3CCOCC3)c(=O)n2c1. The van der Waals surface area contributed by atoms with Gasteiger partial charge < -0.3 is 14.8 Å². The number of para-hydroxylation sites is 1. The number of carbonyl (C=O) groups is 1. The van der Waals surface area contributed by atoms with Gasteiger partial charge in [-0.2, -0.15) is 0 Å². The molecule has 0 spiro atoms. The fourth-order valence-electron chi connectivity index (χ4n) is 3.51. The Bertz CT molecular complexity index is 1180. The van der Waals surface area contributed by atoms with Gasteiger partial charge in [-0.1, -0.05) is 18.2 Å². The molecular weight excluding hydrogens is 443 g/mol. The Labute approximate surface area is 186 Å². The van der Waals surface area contributed by atoms with Gasteiger partial charge in [0.05, 0.1) is 25.3 Å². The first-order chi connectivity index (χ1) is 15.8. The first-order valence-corrected chi connectivity index (χ1v) is 10.3. The highest BCUT2D eigenvalue weighted by Crippen LogP contribution is 2.26. The van der Waals surface area contributed by atoms with E-state index in [1.807, 2.05) is 0 Å². The van der Waals surface area contributed by atoms with Crippen LogP contribution in [0.15, 0.2) is 47.4 Å². The van der Waals surface area contributed by atoms with Gasteiger partial charge in [-0.3, -0.25) is 9.69 Å². The number of pyridine rings is 1. The molecule has 12 heteroatoms. The third kappa shape index (κ3) is 5.71. The minimum atomic E-state index is -4.84. The van der Waals surface area contributed by atoms with Gasteiger partial charge in [0, 0.05) is 37.9 Å². The van der Waals surface area contributed by atoms with E-state index in [1.54, 1.807) is 12.1 Å². The quantitative estimate of drug-likeness (QED) is 0.571. The number of ether oxygens (including phenoxy) is 2. The molecular formula is C21H22F3N5O4. The summed E-state index contributed by atoms with van der Waals surface area (Å²) in [7, 11) is 0. The molecule has 0 atom stereocenters. The van der Waals surface area contributed by atoms with E-state index in [-0.39, 0.29) is 23.4 Å². The van der Waals surface area contributed by atoms with Crippen molar-refractivity contribution in [1.29, 1.82) is 0 Å². The maximum atomic E-state index is 12.7. The van der Waals surface area contributed by atoms with Crippen LogP contribution in [0.25, 0.3) is 5.65 Å². The number of hydrogen-bond donors (Lipinski definition) is 1. The van der Waals surface area contributed by atoms with Crippen molar-refractivity contribution < 1.29 is 27.4 Å². The lowest BCUT2D eigenvalue weighted by molar-refractivity contribution is -0.274. The van der Waals surface area contributed by atoms with E-state index in [4.69, 9.17) is 4.74 Å². The van der Waals surface area contributed by atoms with Crippen molar-refractivity contribution in [3.8, 4) is 5.75 Å². The molecule has 0 bridgehead atoms. The van der Waals surface area contributed by atoms with Crippen molar-refractivity contribution in [1.82, 2.24) is 24.4 Å². The molecule has 1 aliphatic heterocycles. The molecule has 0 saturated carbocycles. The lowest BCUT2D eigenvalue weighted by Gasteiger charge is -2.26. The Kier molecular flexibility index (Phi) is 6.65. The van der Waals surface area contributed by atoms with Crippen LogP contribution in [0.1, 0.15) is 15.9 Å². The van der Waals surface area contributed by atoms with Crippen molar-refractivity contribution in [2.24, 2.45) is 0 Å². The summed E-state index contributed by atoms with van der Waals surface area (Å²) < 4.78 is 49.7. The molecule has 176 valence electrons. The molecule has 1 fully saturated rings. The number of alkyl halides is 3. The standard InChI is InChI=1S/C21H22F3N5O4/c22-21(23,24)33-17-4-2-1-3-15(17)13-25-19(30)16-5-6-18-26-29(20(31)28(18)14-16)8-7-27-9-11-32-12-10-27/h1-6,14H,7-13H2,(H,25,30). The molecule has 2 aromatic heterocycles. The van der Waals surface area contributed by atoms with Gasteiger partial charge in [0.2, 0.25) is 0 Å². The first-order valence-electron chi connectivity index (χ1n) is 10.3. The van der Waals surface area contributed by atoms with Crippen LogP contribution in [0.3, 0.4) is 0 Å². The summed E-state index contributed by atoms with van der Waals surface area (Å²) in [5.74, 6) is -0.940. The third-order valence-electron chi connectivity index (χ3n) is 5.21. The van der Waals surface area contributed by atoms with Crippen LogP contribution in [0.4, 0.5) is 13.2 Å². The van der Waals surface area contributed by atoms with Gasteiger partial charge in [-0.05, 0) is 18.2 Å². The summed E-state index contributed by atoms with van der Waals surface area (Å²) in [6, 6.07) is 8.59. The van der Waals surface area contributed by atoms with Crippen molar-refractivity contribution in [3.05, 3.63) is 64.2 Å². The largest absolute Gasteiger partial charge is 0.573 e. The number of halogens is 3. The van der Waals surface area contributed by atoms with Gasteiger partial charge in [-0.15, -0.1) is 18.3 Å². The lowest BCUT2D eigenvalue weighted by atomic mass is 10.2. The number of aromatic nitrogens is 3. The molecule has 1 saturated heterocycles. The highest BCUT2D eigenvalue weighted by molar-refractivity contribution is 5.94. The molecule has 0 unspecified atom stereocenters. The van der Waals surface area contributed by atoms with E-state index in [2.05, 4.69) is 20.1 Å². The molecule has 4 rings (SSSR count). The summed E-state index contributed by atoms with van der Waals surface area (Å²) in [4.78, 5) is 27.5. The first kappa shape index (κ1) is 22.8. The van der Waals surface area contributed by atoms with Crippen molar-refractivity contribution >= 4 is 11.6 Å². The second kappa shape index (κ2) is 9.63. The molecule has 1 aliphatic rings. The highest BCUT2D eigenvalue weighted by atomic mass is 19.4. The van der Waals surface area contributed by atoms with Gasteiger partial charge in [0.1, 0.15) is 5.75 Å². The average molecular weight is 465 g/mol. The van der Waals surface area contributed by atoms with Crippen molar-refractivity contribution in [2.45, 2.75) is 19.5 Å². The topological polar surface area (TPSA) is 90.1 Å². The molecule has 0 aliphatic carbocycles. The van der Waals surface area contributed by atoms with Crippen LogP contribution in [-0.4, -0.2) is 64.2 Å². The van der Waals surface area contributed by atoms with E-state index in [9.17, 15) is 22.8 Å². The zero-order valence-corrected chi connectivity index (χ0v) is 17.5. The van der Waals surface area contributed by atoms with Gasteiger partial charge in [-0.25, -0.2) is 13.9 Å². The van der Waals surface area contributed by atoms with E-state index < -0.39 is 18.0 Å². The lowest BCUT2D eigenvalue weighted by Crippen LogP contribution is -2.39. The smallest absolute Gasteiger partial charge is 0.405 e. The molecule has 33 heavy (non-hydrogen) atoms. The van der Waals surface area contributed by atoms with Gasteiger partial charge >= 0.3 is 12.1 Å². The molecule has 3 aromatic rings. The fourth-order valence-corrected chi connectivity index (χ4v) is 3.51. The Morgan fingerprint density at radius 3 is 2.64 bits per heavy atom. The Morgan fingerprint density at radius 1 is 1.12 bits per heavy atom. The van der Waals surface area contributed by atoms with Crippen LogP contribution in [0.5, 0.6) is 5.75 Å². The molecule has 3 heterocycles. The van der Waals surface area contributed by atoms with Crippen LogP contribution in [0, 0.1) is 0 Å². The molecule has 1 aromatic carbocycles. The molecule has 0 radical (unpaired) electrons. The summed E-state index contributed by atoms with van der Waals surface area (Å²) >= 11 is 0. The molecule has 1 amide bonds. The maximum absolute atomic E-state index is 12.7. The predicted octanol–water partition coefficient (Wildman–Crippen LogP) is 1.66. The average Bonchev–Trinajstić information content (AvgIpc) is 3.11. The van der Waals surface area contributed by atoms with Crippen LogP contribution in [0.2, 0.25) is 0 Å². The number of benzene rings is 1. The van der Waals surface area contributed by atoms with Gasteiger partial charge in [0.25, 0.3) is 5.91 Å². The number of fused-ring (bicyclic) bond motifs is 1. The van der Waals surface area contributed by atoms with E-state index >= 15 is 0 Å². The van der Waals surface area contributed by atoms with Gasteiger partial charge in [0.15, 0.2) is 5.65 Å². The summed E-state index contributed by atoms with van der Waals surface area (Å²) in [5, 5.41) is 6.84. The number of amides is 1. The second-order valence-electron chi connectivity index (χ2n) is 7.44. The highest BCUT2D eigenvalue weighted by Gasteiger charge is 2.32. The zero-order chi connectivity index (χ0) is 23.4. The zero-order valence-electron chi connectivity index (χ0n) is 17.5. The van der Waals surface area contributed by atoms with E-state index in [0.717, 1.165) is 13.1 Å². The minimum Gasteiger partial charge on any atom is -0.405 e. The number of hydrogen-bond acceptors (Lipinski definition) is 6. The van der Waals surface area contributed by atoms with E-state index in [1.165, 1.54) is 39.5 Å². The maximum Gasteiger partial charge on any atom is 0.573 e. The van der Waals surface area contributed by atoms with Crippen LogP contribution in [-0.2, 0) is 17.8 Å². The fraction of sp³-hybridized carbons (Fsp3) is 0.381. The van der Waals surface area contributed by atoms with Crippen LogP contribution < -0.4 is 15.7 Å². The predicted molar refractivity (Wildman–Crippen MR) is 111 cm³/mol. The summed E-state index contributed by atoms with van der Waals surface area (Å²) in [6.45, 7) is 3.78. The monoisotopic (exact) mass is 465 g/mol.